The van der Waals surface area contributed by atoms with Crippen molar-refractivity contribution in [2.45, 2.75) is 40.3 Å². The van der Waals surface area contributed by atoms with E-state index in [0.717, 1.165) is 29.1 Å². The van der Waals surface area contributed by atoms with E-state index in [-0.39, 0.29) is 30.0 Å². The molecule has 2 rings (SSSR count). The van der Waals surface area contributed by atoms with Gasteiger partial charge in [0, 0.05) is 22.2 Å². The largest absolute Gasteiger partial charge is 0.361 e. The summed E-state index contributed by atoms with van der Waals surface area (Å²) in [7, 11) is 0. The Balaban J connectivity index is 0.00000312. The summed E-state index contributed by atoms with van der Waals surface area (Å²) in [4.78, 5) is 4.62. The van der Waals surface area contributed by atoms with Gasteiger partial charge < -0.3 is 15.2 Å². The maximum atomic E-state index is 6.28. The molecule has 1 aromatic carbocycles. The van der Waals surface area contributed by atoms with Gasteiger partial charge in [0.15, 0.2) is 5.96 Å². The normalized spacial score (nSPS) is 12.5. The Morgan fingerprint density at radius 2 is 2.04 bits per heavy atom. The van der Waals surface area contributed by atoms with Gasteiger partial charge >= 0.3 is 0 Å². The number of nitrogens with zero attached hydrogens (tertiary/aromatic N) is 2. The third kappa shape index (κ3) is 6.04. The highest BCUT2D eigenvalue weighted by Crippen LogP contribution is 2.26. The van der Waals surface area contributed by atoms with Crippen molar-refractivity contribution in [3.63, 3.8) is 0 Å². The van der Waals surface area contributed by atoms with Crippen LogP contribution in [-0.2, 0) is 6.54 Å². The summed E-state index contributed by atoms with van der Waals surface area (Å²) in [5.41, 5.74) is 2.83. The summed E-state index contributed by atoms with van der Waals surface area (Å²) in [6, 6.07) is 5.47. The molecule has 1 unspecified atom stereocenters. The van der Waals surface area contributed by atoms with E-state index in [0.29, 0.717) is 22.5 Å². The van der Waals surface area contributed by atoms with Crippen molar-refractivity contribution in [3.05, 3.63) is 50.8 Å². The van der Waals surface area contributed by atoms with Crippen LogP contribution in [0.4, 0.5) is 0 Å². The third-order valence-electron chi connectivity index (χ3n) is 3.70. The second-order valence-electron chi connectivity index (χ2n) is 5.53. The highest BCUT2D eigenvalue weighted by Gasteiger charge is 2.13. The zero-order chi connectivity index (χ0) is 17.7. The summed E-state index contributed by atoms with van der Waals surface area (Å²) in [5, 5.41) is 11.8. The topological polar surface area (TPSA) is 62.5 Å². The van der Waals surface area contributed by atoms with Crippen molar-refractivity contribution in [3.8, 4) is 0 Å². The fourth-order valence-corrected chi connectivity index (χ4v) is 2.91. The van der Waals surface area contributed by atoms with Crippen molar-refractivity contribution >= 4 is 53.1 Å². The average molecular weight is 497 g/mol. The minimum Gasteiger partial charge on any atom is -0.361 e. The van der Waals surface area contributed by atoms with Crippen molar-refractivity contribution in [2.75, 3.05) is 6.54 Å². The zero-order valence-electron chi connectivity index (χ0n) is 14.7. The monoisotopic (exact) mass is 496 g/mol. The fraction of sp³-hybridized carbons (Fsp3) is 0.412. The molecule has 0 spiro atoms. The molecular formula is C17H23Cl2IN4O. The first-order valence-electron chi connectivity index (χ1n) is 7.84. The molecule has 0 fully saturated rings. The van der Waals surface area contributed by atoms with Gasteiger partial charge in [-0.1, -0.05) is 34.4 Å². The lowest BCUT2D eigenvalue weighted by Crippen LogP contribution is -2.38. The summed E-state index contributed by atoms with van der Waals surface area (Å²) in [5.74, 6) is 1.50. The van der Waals surface area contributed by atoms with Crippen molar-refractivity contribution in [1.82, 2.24) is 15.8 Å². The van der Waals surface area contributed by atoms with Crippen LogP contribution in [0.15, 0.2) is 27.7 Å². The van der Waals surface area contributed by atoms with E-state index in [2.05, 4.69) is 20.8 Å². The number of hydrogen-bond donors (Lipinski definition) is 2. The second kappa shape index (κ2) is 10.2. The molecule has 1 heterocycles. The van der Waals surface area contributed by atoms with Gasteiger partial charge in [0.25, 0.3) is 0 Å². The highest BCUT2D eigenvalue weighted by atomic mass is 127. The van der Waals surface area contributed by atoms with Gasteiger partial charge in [-0.15, -0.1) is 24.0 Å². The van der Waals surface area contributed by atoms with Gasteiger partial charge in [-0.25, -0.2) is 4.99 Å². The molecule has 0 bridgehead atoms. The van der Waals surface area contributed by atoms with Crippen LogP contribution in [-0.4, -0.2) is 17.7 Å². The van der Waals surface area contributed by atoms with Crippen LogP contribution in [0, 0.1) is 13.8 Å². The van der Waals surface area contributed by atoms with Gasteiger partial charge in [-0.2, -0.15) is 0 Å². The second-order valence-corrected chi connectivity index (χ2v) is 6.37. The molecule has 0 aliphatic rings. The van der Waals surface area contributed by atoms with Crippen LogP contribution < -0.4 is 10.6 Å². The Bertz CT molecular complexity index is 714. The molecule has 2 N–H and O–H groups in total. The molecule has 0 saturated carbocycles. The van der Waals surface area contributed by atoms with Gasteiger partial charge in [-0.05, 0) is 45.4 Å². The van der Waals surface area contributed by atoms with E-state index in [9.17, 15) is 0 Å². The van der Waals surface area contributed by atoms with Gasteiger partial charge in [0.2, 0.25) is 0 Å². The van der Waals surface area contributed by atoms with E-state index in [4.69, 9.17) is 27.7 Å². The lowest BCUT2D eigenvalue weighted by molar-refractivity contribution is 0.392. The summed E-state index contributed by atoms with van der Waals surface area (Å²) < 4.78 is 5.17. The molecule has 5 nitrogen and oxygen atoms in total. The van der Waals surface area contributed by atoms with Crippen LogP contribution in [0.25, 0.3) is 0 Å². The van der Waals surface area contributed by atoms with Crippen LogP contribution >= 0.6 is 47.2 Å². The zero-order valence-corrected chi connectivity index (χ0v) is 18.5. The SMILES string of the molecule is CCNC(=NCc1c(C)noc1C)NC(C)c1ccc(Cl)cc1Cl.I. The lowest BCUT2D eigenvalue weighted by atomic mass is 10.1. The standard InChI is InChI=1S/C17H22Cl2N4O.HI/c1-5-20-17(21-9-15-11(3)23-24-12(15)4)22-10(2)14-7-6-13(18)8-16(14)19;/h6-8,10H,5,9H2,1-4H3,(H2,20,21,22);1H. The Hall–Kier alpha value is -0.990. The van der Waals surface area contributed by atoms with E-state index in [1.165, 1.54) is 0 Å². The Morgan fingerprint density at radius 3 is 2.60 bits per heavy atom. The highest BCUT2D eigenvalue weighted by molar-refractivity contribution is 14.0. The number of aliphatic imine (C=N–C) groups is 1. The summed E-state index contributed by atoms with van der Waals surface area (Å²) >= 11 is 12.2. The van der Waals surface area contributed by atoms with Crippen LogP contribution in [0.2, 0.25) is 10.0 Å². The molecule has 8 heteroatoms. The third-order valence-corrected chi connectivity index (χ3v) is 4.27. The van der Waals surface area contributed by atoms with Crippen LogP contribution in [0.1, 0.15) is 42.5 Å². The number of aryl methyl sites for hydroxylation is 2. The lowest BCUT2D eigenvalue weighted by Gasteiger charge is -2.19. The minimum absolute atomic E-state index is 0. The maximum absolute atomic E-state index is 6.28. The first kappa shape index (κ1) is 22.1. The predicted octanol–water partition coefficient (Wildman–Crippen LogP) is 5.03. The average Bonchev–Trinajstić information content (AvgIpc) is 2.83. The van der Waals surface area contributed by atoms with Crippen molar-refractivity contribution in [1.29, 1.82) is 0 Å². The fourth-order valence-electron chi connectivity index (χ4n) is 2.34. The van der Waals surface area contributed by atoms with E-state index >= 15 is 0 Å². The number of aromatic nitrogens is 1. The molecular weight excluding hydrogens is 474 g/mol. The summed E-state index contributed by atoms with van der Waals surface area (Å²) in [6.45, 7) is 9.11. The quantitative estimate of drug-likeness (QED) is 0.346. The minimum atomic E-state index is -0.0164. The molecule has 0 saturated heterocycles. The van der Waals surface area contributed by atoms with Gasteiger partial charge in [0.1, 0.15) is 5.76 Å². The Labute approximate surface area is 175 Å². The molecule has 0 radical (unpaired) electrons. The molecule has 1 aromatic heterocycles. The summed E-state index contributed by atoms with van der Waals surface area (Å²) in [6.07, 6.45) is 0. The van der Waals surface area contributed by atoms with E-state index < -0.39 is 0 Å². The smallest absolute Gasteiger partial charge is 0.192 e. The Morgan fingerprint density at radius 1 is 1.32 bits per heavy atom. The number of rotatable bonds is 5. The first-order chi connectivity index (χ1) is 11.4. The van der Waals surface area contributed by atoms with Crippen LogP contribution in [0.5, 0.6) is 0 Å². The first-order valence-corrected chi connectivity index (χ1v) is 8.59. The molecule has 25 heavy (non-hydrogen) atoms. The molecule has 0 amide bonds. The molecule has 2 aromatic rings. The van der Waals surface area contributed by atoms with Crippen LogP contribution in [0.3, 0.4) is 0 Å². The predicted molar refractivity (Wildman–Crippen MR) is 114 cm³/mol. The van der Waals surface area contributed by atoms with Crippen molar-refractivity contribution < 1.29 is 4.52 Å². The molecule has 0 aliphatic carbocycles. The Kier molecular flexibility index (Phi) is 9.02. The number of halogens is 3. The number of guanidine groups is 1. The molecule has 0 aliphatic heterocycles. The van der Waals surface area contributed by atoms with Crippen molar-refractivity contribution in [2.24, 2.45) is 4.99 Å². The van der Waals surface area contributed by atoms with Gasteiger partial charge in [0.05, 0.1) is 18.3 Å². The van der Waals surface area contributed by atoms with E-state index in [1.807, 2.05) is 39.8 Å². The number of nitrogens with one attached hydrogen (secondary N) is 2. The van der Waals surface area contributed by atoms with E-state index in [1.54, 1.807) is 6.07 Å². The number of hydrogen-bond acceptors (Lipinski definition) is 3. The maximum Gasteiger partial charge on any atom is 0.192 e. The molecule has 1 atom stereocenters. The number of benzene rings is 1. The molecule has 138 valence electrons. The van der Waals surface area contributed by atoms with Gasteiger partial charge in [-0.3, -0.25) is 0 Å².